The zero-order chi connectivity index (χ0) is 14.9. The summed E-state index contributed by atoms with van der Waals surface area (Å²) in [5, 5.41) is 7.38. The molecule has 108 valence electrons. The van der Waals surface area contributed by atoms with Crippen LogP contribution >= 0.6 is 0 Å². The molecule has 0 aliphatic rings. The number of halogens is 4. The summed E-state index contributed by atoms with van der Waals surface area (Å²) in [6.07, 6.45) is -3.14. The van der Waals surface area contributed by atoms with Gasteiger partial charge >= 0.3 is 6.18 Å². The minimum atomic E-state index is -4.52. The van der Waals surface area contributed by atoms with Crippen LogP contribution in [0.2, 0.25) is 0 Å². The van der Waals surface area contributed by atoms with Crippen LogP contribution < -0.4 is 0 Å². The highest BCUT2D eigenvalue weighted by molar-refractivity contribution is 5.57. The molecule has 1 aromatic carbocycles. The molecule has 1 aromatic heterocycles. The van der Waals surface area contributed by atoms with Gasteiger partial charge in [0.25, 0.3) is 0 Å². The lowest BCUT2D eigenvalue weighted by Gasteiger charge is -2.12. The van der Waals surface area contributed by atoms with Crippen LogP contribution in [0, 0.1) is 11.7 Å². The van der Waals surface area contributed by atoms with Gasteiger partial charge in [-0.3, -0.25) is 0 Å². The van der Waals surface area contributed by atoms with Crippen LogP contribution in [0.3, 0.4) is 0 Å². The van der Waals surface area contributed by atoms with Gasteiger partial charge in [0.15, 0.2) is 5.82 Å². The van der Waals surface area contributed by atoms with Crippen LogP contribution in [0.25, 0.3) is 11.4 Å². The van der Waals surface area contributed by atoms with Crippen LogP contribution in [0.15, 0.2) is 24.5 Å². The van der Waals surface area contributed by atoms with E-state index in [9.17, 15) is 17.6 Å². The minimum absolute atomic E-state index is 0.0994. The number of alkyl halides is 3. The van der Waals surface area contributed by atoms with Gasteiger partial charge in [0.1, 0.15) is 12.1 Å². The van der Waals surface area contributed by atoms with Crippen molar-refractivity contribution in [2.45, 2.75) is 26.6 Å². The summed E-state index contributed by atoms with van der Waals surface area (Å²) < 4.78 is 53.4. The molecule has 0 atom stereocenters. The van der Waals surface area contributed by atoms with Crippen molar-refractivity contribution < 1.29 is 17.6 Å². The van der Waals surface area contributed by atoms with Crippen molar-refractivity contribution in [3.05, 3.63) is 35.9 Å². The smallest absolute Gasteiger partial charge is 0.313 e. The maximum Gasteiger partial charge on any atom is 0.416 e. The number of nitrogens with zero attached hydrogens (tertiary/aromatic N) is 3. The normalized spacial score (nSPS) is 12.2. The van der Waals surface area contributed by atoms with Crippen LogP contribution in [0.4, 0.5) is 17.6 Å². The van der Waals surface area contributed by atoms with Gasteiger partial charge in [-0.25, -0.2) is 4.39 Å². The van der Waals surface area contributed by atoms with Gasteiger partial charge in [0.05, 0.1) is 11.1 Å². The molecule has 0 unspecified atom stereocenters. The van der Waals surface area contributed by atoms with E-state index in [1.807, 2.05) is 13.8 Å². The molecule has 0 radical (unpaired) electrons. The summed E-state index contributed by atoms with van der Waals surface area (Å²) in [7, 11) is 0. The fourth-order valence-corrected chi connectivity index (χ4v) is 1.86. The molecular formula is C13H13F4N3. The minimum Gasteiger partial charge on any atom is -0.313 e. The Labute approximate surface area is 113 Å². The van der Waals surface area contributed by atoms with Crippen molar-refractivity contribution in [2.24, 2.45) is 5.92 Å². The van der Waals surface area contributed by atoms with E-state index < -0.39 is 17.6 Å². The summed E-state index contributed by atoms with van der Waals surface area (Å²) in [6.45, 7) is 4.37. The lowest BCUT2D eigenvalue weighted by molar-refractivity contribution is -0.137. The van der Waals surface area contributed by atoms with Gasteiger partial charge in [-0.15, -0.1) is 10.2 Å². The monoisotopic (exact) mass is 287 g/mol. The standard InChI is InChI=1S/C13H13F4N3/c1-8(2)6-20-7-18-19-12(20)10-5-9(13(15,16)17)3-4-11(10)14/h3-5,7-8H,6H2,1-2H3. The van der Waals surface area contributed by atoms with Gasteiger partial charge < -0.3 is 4.57 Å². The number of hydrogen-bond acceptors (Lipinski definition) is 2. The molecule has 3 nitrogen and oxygen atoms in total. The van der Waals surface area contributed by atoms with Crippen molar-refractivity contribution in [1.29, 1.82) is 0 Å². The topological polar surface area (TPSA) is 30.7 Å². The van der Waals surface area contributed by atoms with Crippen LogP contribution in [-0.4, -0.2) is 14.8 Å². The van der Waals surface area contributed by atoms with Crippen molar-refractivity contribution >= 4 is 0 Å². The van der Waals surface area contributed by atoms with E-state index in [2.05, 4.69) is 10.2 Å². The van der Waals surface area contributed by atoms with Crippen LogP contribution in [-0.2, 0) is 12.7 Å². The van der Waals surface area contributed by atoms with Gasteiger partial charge in [0.2, 0.25) is 0 Å². The second kappa shape index (κ2) is 5.22. The summed E-state index contributed by atoms with van der Waals surface area (Å²) in [5.41, 5.74) is -1.11. The highest BCUT2D eigenvalue weighted by atomic mass is 19.4. The van der Waals surface area contributed by atoms with Gasteiger partial charge in [-0.1, -0.05) is 13.8 Å². The Hall–Kier alpha value is -1.92. The third kappa shape index (κ3) is 2.97. The SMILES string of the molecule is CC(C)Cn1cnnc1-c1cc(C(F)(F)F)ccc1F. The Bertz CT molecular complexity index is 602. The number of benzene rings is 1. The molecule has 0 saturated carbocycles. The number of rotatable bonds is 3. The Morgan fingerprint density at radius 3 is 2.55 bits per heavy atom. The maximum atomic E-state index is 13.8. The molecule has 1 heterocycles. The van der Waals surface area contributed by atoms with Crippen molar-refractivity contribution in [3.63, 3.8) is 0 Å². The van der Waals surface area contributed by atoms with Gasteiger partial charge in [-0.2, -0.15) is 13.2 Å². The lowest BCUT2D eigenvalue weighted by Crippen LogP contribution is -2.08. The van der Waals surface area contributed by atoms with Gasteiger partial charge in [-0.05, 0) is 24.1 Å². The first-order valence-corrected chi connectivity index (χ1v) is 6.04. The van der Waals surface area contributed by atoms with E-state index in [4.69, 9.17) is 0 Å². The summed E-state index contributed by atoms with van der Waals surface area (Å²) in [5.74, 6) is -0.420. The second-order valence-electron chi connectivity index (χ2n) is 4.89. The molecule has 0 aliphatic heterocycles. The number of hydrogen-bond donors (Lipinski definition) is 0. The van der Waals surface area contributed by atoms with E-state index in [1.54, 1.807) is 4.57 Å². The van der Waals surface area contributed by atoms with E-state index in [-0.39, 0.29) is 17.3 Å². The van der Waals surface area contributed by atoms with E-state index >= 15 is 0 Å². The molecule has 0 spiro atoms. The van der Waals surface area contributed by atoms with Gasteiger partial charge in [0, 0.05) is 6.54 Å². The summed E-state index contributed by atoms with van der Waals surface area (Å²) >= 11 is 0. The Morgan fingerprint density at radius 2 is 1.95 bits per heavy atom. The Kier molecular flexibility index (Phi) is 3.78. The average Bonchev–Trinajstić information content (AvgIpc) is 2.75. The highest BCUT2D eigenvalue weighted by Gasteiger charge is 2.31. The summed E-state index contributed by atoms with van der Waals surface area (Å²) in [4.78, 5) is 0. The van der Waals surface area contributed by atoms with E-state index in [0.29, 0.717) is 12.6 Å². The average molecular weight is 287 g/mol. The largest absolute Gasteiger partial charge is 0.416 e. The predicted molar refractivity (Wildman–Crippen MR) is 65.3 cm³/mol. The highest BCUT2D eigenvalue weighted by Crippen LogP contribution is 2.33. The molecule has 2 aromatic rings. The lowest BCUT2D eigenvalue weighted by atomic mass is 10.1. The van der Waals surface area contributed by atoms with Crippen molar-refractivity contribution in [2.75, 3.05) is 0 Å². The molecular weight excluding hydrogens is 274 g/mol. The third-order valence-corrected chi connectivity index (χ3v) is 2.71. The molecule has 0 fully saturated rings. The molecule has 20 heavy (non-hydrogen) atoms. The zero-order valence-corrected chi connectivity index (χ0v) is 10.9. The predicted octanol–water partition coefficient (Wildman–Crippen LogP) is 3.76. The first-order valence-electron chi connectivity index (χ1n) is 6.04. The molecule has 7 heteroatoms. The fraction of sp³-hybridized carbons (Fsp3) is 0.385. The van der Waals surface area contributed by atoms with E-state index in [1.165, 1.54) is 6.33 Å². The van der Waals surface area contributed by atoms with E-state index in [0.717, 1.165) is 12.1 Å². The molecule has 0 saturated heterocycles. The summed E-state index contributed by atoms with van der Waals surface area (Å²) in [6, 6.07) is 2.27. The zero-order valence-electron chi connectivity index (χ0n) is 10.9. The molecule has 2 rings (SSSR count). The van der Waals surface area contributed by atoms with Crippen molar-refractivity contribution in [3.8, 4) is 11.4 Å². The first kappa shape index (κ1) is 14.5. The second-order valence-corrected chi connectivity index (χ2v) is 4.89. The Morgan fingerprint density at radius 1 is 1.25 bits per heavy atom. The quantitative estimate of drug-likeness (QED) is 0.805. The number of aromatic nitrogens is 3. The van der Waals surface area contributed by atoms with Crippen LogP contribution in [0.1, 0.15) is 19.4 Å². The van der Waals surface area contributed by atoms with Crippen LogP contribution in [0.5, 0.6) is 0 Å². The maximum absolute atomic E-state index is 13.8. The molecule has 0 N–H and O–H groups in total. The van der Waals surface area contributed by atoms with Crippen molar-refractivity contribution in [1.82, 2.24) is 14.8 Å². The molecule has 0 aliphatic carbocycles. The third-order valence-electron chi connectivity index (χ3n) is 2.71. The molecule has 0 bridgehead atoms. The fourth-order valence-electron chi connectivity index (χ4n) is 1.86. The first-order chi connectivity index (χ1) is 9.29. The molecule has 0 amide bonds. The Balaban J connectivity index is 2.50.